The molecule has 2 saturated heterocycles. The van der Waals surface area contributed by atoms with Crippen LogP contribution < -0.4 is 32.3 Å². The molecule has 55 heavy (non-hydrogen) atoms. The molecule has 0 bridgehead atoms. The molecule has 0 aliphatic carbocycles. The lowest BCUT2D eigenvalue weighted by atomic mass is 10.0. The van der Waals surface area contributed by atoms with E-state index in [0.717, 1.165) is 6.42 Å². The summed E-state index contributed by atoms with van der Waals surface area (Å²) in [6, 6.07) is -2.59. The molecule has 0 aromatic heterocycles. The Morgan fingerprint density at radius 1 is 0.727 bits per heavy atom. The highest BCUT2D eigenvalue weighted by molar-refractivity contribution is 5.94. The van der Waals surface area contributed by atoms with Gasteiger partial charge in [0, 0.05) is 31.0 Å². The number of ketones is 2. The van der Waals surface area contributed by atoms with Crippen molar-refractivity contribution < 1.29 is 53.7 Å². The van der Waals surface area contributed by atoms with Gasteiger partial charge in [0.05, 0.1) is 38.3 Å². The van der Waals surface area contributed by atoms with E-state index in [1.807, 2.05) is 27.7 Å². The SMILES string of the molecule is C.CCCC(N)C(O)C(=O)NCC(=O)NC(C)C.CCCC(NC(=O)[C@@H]1CC(=O)CN1C)C(O)C(=O)NCC(=O)NC(C)C.CN1CC(=O)CC1C(=O)O.Cl. The van der Waals surface area contributed by atoms with Crippen molar-refractivity contribution in [3.05, 3.63) is 0 Å². The molecule has 19 nitrogen and oxygen atoms in total. The number of nitrogens with zero attached hydrogens (tertiary/aromatic N) is 2. The molecular weight excluding hydrogens is 744 g/mol. The molecule has 2 aliphatic rings. The molecule has 2 rings (SSSR count). The van der Waals surface area contributed by atoms with E-state index in [1.54, 1.807) is 37.7 Å². The smallest absolute Gasteiger partial charge is 0.321 e. The number of likely N-dealkylation sites (N-methyl/N-ethyl adjacent to an activating group) is 2. The first-order valence-electron chi connectivity index (χ1n) is 17.9. The highest BCUT2D eigenvalue weighted by Crippen LogP contribution is 2.14. The van der Waals surface area contributed by atoms with Crippen molar-refractivity contribution in [3.63, 3.8) is 0 Å². The minimum atomic E-state index is -1.48. The average molecular weight is 811 g/mol. The number of aliphatic hydroxyl groups is 2. The van der Waals surface area contributed by atoms with E-state index < -0.39 is 54.2 Å². The predicted molar refractivity (Wildman–Crippen MR) is 208 cm³/mol. The van der Waals surface area contributed by atoms with Crippen molar-refractivity contribution in [1.29, 1.82) is 0 Å². The lowest BCUT2D eigenvalue weighted by Gasteiger charge is -2.26. The first kappa shape index (κ1) is 55.6. The molecule has 320 valence electrons. The van der Waals surface area contributed by atoms with Gasteiger partial charge in [0.25, 0.3) is 11.8 Å². The number of nitrogens with two attached hydrogens (primary N) is 1. The van der Waals surface area contributed by atoms with Crippen LogP contribution in [0.1, 0.15) is 87.5 Å². The third-order valence-electron chi connectivity index (χ3n) is 7.96. The second-order valence-corrected chi connectivity index (χ2v) is 13.8. The Morgan fingerprint density at radius 2 is 1.13 bits per heavy atom. The number of amides is 5. The van der Waals surface area contributed by atoms with Crippen LogP contribution in [0.15, 0.2) is 0 Å². The topological polar surface area (TPSA) is 290 Å². The third kappa shape index (κ3) is 22.4. The summed E-state index contributed by atoms with van der Waals surface area (Å²) >= 11 is 0. The van der Waals surface area contributed by atoms with Gasteiger partial charge >= 0.3 is 5.97 Å². The zero-order valence-corrected chi connectivity index (χ0v) is 33.5. The fourth-order valence-electron chi connectivity index (χ4n) is 5.27. The summed E-state index contributed by atoms with van der Waals surface area (Å²) in [4.78, 5) is 94.4. The van der Waals surface area contributed by atoms with Gasteiger partial charge in [0.1, 0.15) is 23.7 Å². The van der Waals surface area contributed by atoms with Gasteiger partial charge in [-0.05, 0) is 54.6 Å². The molecule has 5 amide bonds. The van der Waals surface area contributed by atoms with E-state index in [4.69, 9.17) is 10.8 Å². The van der Waals surface area contributed by atoms with Crippen molar-refractivity contribution >= 4 is 59.5 Å². The number of aliphatic hydroxyl groups excluding tert-OH is 2. The molecule has 10 N–H and O–H groups in total. The van der Waals surface area contributed by atoms with E-state index in [0.29, 0.717) is 19.3 Å². The molecule has 20 heteroatoms. The molecule has 5 unspecified atom stereocenters. The Balaban J connectivity index is -0.000000801. The molecule has 0 aromatic rings. The van der Waals surface area contributed by atoms with Gasteiger partial charge in [0.2, 0.25) is 17.7 Å². The van der Waals surface area contributed by atoms with Crippen molar-refractivity contribution in [2.45, 2.75) is 136 Å². The Morgan fingerprint density at radius 3 is 1.45 bits per heavy atom. The largest absolute Gasteiger partial charge is 0.480 e. The lowest BCUT2D eigenvalue weighted by Crippen LogP contribution is -2.54. The van der Waals surface area contributed by atoms with E-state index in [2.05, 4.69) is 26.6 Å². The Hall–Kier alpha value is -3.75. The number of Topliss-reactive ketones (excluding diaryl/α,β-unsaturated/α-hetero) is 2. The molecule has 0 spiro atoms. The standard InChI is InChI=1S/C17H30N4O5.C11H23N3O3.C6H9NO3.CH4.ClH/c1-5-6-12(20-16(25)13-7-11(22)9-21(13)4)15(24)17(26)18-8-14(23)19-10(2)3;1-4-5-8(12)10(16)11(17)13-6-9(15)14-7(2)3;1-7-3-4(8)2-5(7)6(9)10;;/h10,12-13,15,24H,5-9H2,1-4H3,(H,18,26)(H,19,23)(H,20,25);7-8,10,16H,4-6,12H2,1-3H3,(H,13,17)(H,14,15);5H,2-3H2,1H3,(H,9,10);1H4;1H/t12?,13-,15?;;;;/m0..../s1. The highest BCUT2D eigenvalue weighted by Gasteiger charge is 2.36. The molecule has 0 saturated carbocycles. The van der Waals surface area contributed by atoms with Crippen molar-refractivity contribution in [3.8, 4) is 0 Å². The van der Waals surface area contributed by atoms with Crippen LogP contribution in [-0.4, -0.2) is 161 Å². The molecular formula is C35H67ClN8O11. The van der Waals surface area contributed by atoms with Gasteiger partial charge in [-0.3, -0.25) is 48.2 Å². The van der Waals surface area contributed by atoms with E-state index >= 15 is 0 Å². The van der Waals surface area contributed by atoms with E-state index in [-0.39, 0.29) is 100 Å². The summed E-state index contributed by atoms with van der Waals surface area (Å²) in [5, 5.41) is 41.0. The van der Waals surface area contributed by atoms with Gasteiger partial charge in [-0.25, -0.2) is 0 Å². The monoisotopic (exact) mass is 810 g/mol. The fraction of sp³-hybridized carbons (Fsp3) is 0.771. The van der Waals surface area contributed by atoms with Crippen LogP contribution in [0, 0.1) is 0 Å². The molecule has 2 aliphatic heterocycles. The van der Waals surface area contributed by atoms with Crippen LogP contribution in [0.25, 0.3) is 0 Å². The lowest BCUT2D eigenvalue weighted by molar-refractivity contribution is -0.142. The van der Waals surface area contributed by atoms with Crippen molar-refractivity contribution in [2.75, 3.05) is 40.3 Å². The maximum absolute atomic E-state index is 12.4. The van der Waals surface area contributed by atoms with E-state index in [9.17, 15) is 48.6 Å². The molecule has 2 heterocycles. The Bertz CT molecular complexity index is 1260. The summed E-state index contributed by atoms with van der Waals surface area (Å²) in [7, 11) is 3.32. The number of nitrogens with one attached hydrogen (secondary N) is 5. The first-order valence-corrected chi connectivity index (χ1v) is 17.9. The number of hydrogen-bond donors (Lipinski definition) is 9. The predicted octanol–water partition coefficient (Wildman–Crippen LogP) is -1.94. The Labute approximate surface area is 331 Å². The fourth-order valence-corrected chi connectivity index (χ4v) is 5.27. The highest BCUT2D eigenvalue weighted by atomic mass is 35.5. The zero-order valence-electron chi connectivity index (χ0n) is 32.7. The van der Waals surface area contributed by atoms with Crippen LogP contribution in [-0.2, 0) is 38.4 Å². The van der Waals surface area contributed by atoms with Crippen LogP contribution in [0.2, 0.25) is 0 Å². The normalized spacial score (nSPS) is 18.8. The number of aliphatic carboxylic acids is 1. The second kappa shape index (κ2) is 28.6. The number of carbonyl (C=O) groups excluding carboxylic acids is 7. The van der Waals surface area contributed by atoms with Gasteiger partial charge < -0.3 is 47.6 Å². The third-order valence-corrected chi connectivity index (χ3v) is 7.96. The van der Waals surface area contributed by atoms with Gasteiger partial charge in [0.15, 0.2) is 6.10 Å². The number of carboxylic acids is 1. The van der Waals surface area contributed by atoms with Gasteiger partial charge in [-0.2, -0.15) is 0 Å². The number of halogens is 1. The summed E-state index contributed by atoms with van der Waals surface area (Å²) in [5.41, 5.74) is 5.60. The van der Waals surface area contributed by atoms with Crippen LogP contribution in [0.3, 0.4) is 0 Å². The van der Waals surface area contributed by atoms with Crippen molar-refractivity contribution in [2.24, 2.45) is 5.73 Å². The number of carbonyl (C=O) groups is 8. The first-order chi connectivity index (χ1) is 24.6. The van der Waals surface area contributed by atoms with Gasteiger partial charge in [-0.1, -0.05) is 34.1 Å². The quantitative estimate of drug-likeness (QED) is 0.0774. The number of carboxylic acid groups (broad SMARTS) is 1. The summed E-state index contributed by atoms with van der Waals surface area (Å²) in [6.07, 6.45) is -0.0719. The Kier molecular flexibility index (Phi) is 28.9. The summed E-state index contributed by atoms with van der Waals surface area (Å²) < 4.78 is 0. The summed E-state index contributed by atoms with van der Waals surface area (Å²) in [5.74, 6) is -3.28. The average Bonchev–Trinajstić information content (AvgIpc) is 3.59. The van der Waals surface area contributed by atoms with Crippen LogP contribution in [0.4, 0.5) is 0 Å². The minimum absolute atomic E-state index is 0. The van der Waals surface area contributed by atoms with Crippen LogP contribution >= 0.6 is 12.4 Å². The number of likely N-dealkylation sites (tertiary alicyclic amines) is 2. The molecule has 0 radical (unpaired) electrons. The molecule has 6 atom stereocenters. The minimum Gasteiger partial charge on any atom is -0.480 e. The maximum Gasteiger partial charge on any atom is 0.321 e. The molecule has 0 aromatic carbocycles. The maximum atomic E-state index is 12.4. The van der Waals surface area contributed by atoms with E-state index in [1.165, 1.54) is 0 Å². The summed E-state index contributed by atoms with van der Waals surface area (Å²) in [6.45, 7) is 11.1. The second-order valence-electron chi connectivity index (χ2n) is 13.8. The van der Waals surface area contributed by atoms with Gasteiger partial charge in [-0.15, -0.1) is 12.4 Å². The molecule has 2 fully saturated rings. The van der Waals surface area contributed by atoms with Crippen LogP contribution in [0.5, 0.6) is 0 Å². The zero-order chi connectivity index (χ0) is 41.0. The van der Waals surface area contributed by atoms with Crippen molar-refractivity contribution in [1.82, 2.24) is 36.4 Å². The number of hydrogen-bond acceptors (Lipinski definition) is 13. The number of rotatable bonds is 17.